The molecule has 2 aliphatic rings. The quantitative estimate of drug-likeness (QED) is 0.757. The van der Waals surface area contributed by atoms with Crippen LogP contribution in [0.2, 0.25) is 0 Å². The van der Waals surface area contributed by atoms with Crippen LogP contribution < -0.4 is 4.72 Å². The third-order valence-electron chi connectivity index (χ3n) is 4.86. The number of piperidine rings is 1. The normalized spacial score (nSPS) is 25.7. The Bertz CT molecular complexity index is 420. The Balaban J connectivity index is 1.82. The highest BCUT2D eigenvalue weighted by Crippen LogP contribution is 2.22. The van der Waals surface area contributed by atoms with E-state index < -0.39 is 10.2 Å². The van der Waals surface area contributed by atoms with E-state index >= 15 is 0 Å². The zero-order valence-electron chi connectivity index (χ0n) is 14.0. The number of ether oxygens (including phenoxy) is 1. The van der Waals surface area contributed by atoms with E-state index in [1.165, 1.54) is 4.31 Å². The van der Waals surface area contributed by atoms with Gasteiger partial charge in [-0.3, -0.25) is 4.90 Å². The van der Waals surface area contributed by atoms with E-state index in [9.17, 15) is 8.42 Å². The van der Waals surface area contributed by atoms with Crippen molar-refractivity contribution in [3.05, 3.63) is 0 Å². The fraction of sp³-hybridized carbons (Fsp3) is 1.00. The SMILES string of the molecule is CCN(CC)S(=O)(=O)NCC1CCCN(C2CCOCC2)C1. The Morgan fingerprint density at radius 1 is 1.18 bits per heavy atom. The number of rotatable bonds is 7. The summed E-state index contributed by atoms with van der Waals surface area (Å²) in [6, 6.07) is 0.621. The minimum absolute atomic E-state index is 0.418. The van der Waals surface area contributed by atoms with Gasteiger partial charge in [-0.05, 0) is 38.1 Å². The van der Waals surface area contributed by atoms with E-state index in [0.717, 1.165) is 52.0 Å². The third kappa shape index (κ3) is 4.89. The first-order valence-electron chi connectivity index (χ1n) is 8.63. The summed E-state index contributed by atoms with van der Waals surface area (Å²) in [4.78, 5) is 2.54. The van der Waals surface area contributed by atoms with Crippen molar-refractivity contribution in [2.24, 2.45) is 5.92 Å². The second kappa shape index (κ2) is 8.59. The number of nitrogens with one attached hydrogen (secondary N) is 1. The van der Waals surface area contributed by atoms with E-state index in [0.29, 0.717) is 31.6 Å². The van der Waals surface area contributed by atoms with Crippen LogP contribution in [0.5, 0.6) is 0 Å². The van der Waals surface area contributed by atoms with Gasteiger partial charge in [0, 0.05) is 45.4 Å². The summed E-state index contributed by atoms with van der Waals surface area (Å²) in [6.07, 6.45) is 4.49. The second-order valence-corrected chi connectivity index (χ2v) is 8.04. The summed E-state index contributed by atoms with van der Waals surface area (Å²) in [5, 5.41) is 0. The van der Waals surface area contributed by atoms with Gasteiger partial charge in [-0.25, -0.2) is 4.72 Å². The monoisotopic (exact) mass is 333 g/mol. The summed E-state index contributed by atoms with van der Waals surface area (Å²) in [5.74, 6) is 0.418. The van der Waals surface area contributed by atoms with Crippen molar-refractivity contribution >= 4 is 10.2 Å². The van der Waals surface area contributed by atoms with Crippen molar-refractivity contribution in [2.75, 3.05) is 45.9 Å². The van der Waals surface area contributed by atoms with Gasteiger partial charge in [-0.15, -0.1) is 0 Å². The molecule has 0 amide bonds. The molecule has 7 heteroatoms. The lowest BCUT2D eigenvalue weighted by Gasteiger charge is -2.40. The number of hydrogen-bond acceptors (Lipinski definition) is 4. The molecule has 1 unspecified atom stereocenters. The molecule has 0 aromatic rings. The molecule has 2 saturated heterocycles. The second-order valence-electron chi connectivity index (χ2n) is 6.28. The molecule has 0 aliphatic carbocycles. The fourth-order valence-corrected chi connectivity index (χ4v) is 4.83. The van der Waals surface area contributed by atoms with Crippen LogP contribution in [-0.2, 0) is 14.9 Å². The summed E-state index contributed by atoms with van der Waals surface area (Å²) in [5.41, 5.74) is 0. The maximum atomic E-state index is 12.2. The van der Waals surface area contributed by atoms with Crippen molar-refractivity contribution < 1.29 is 13.2 Å². The van der Waals surface area contributed by atoms with E-state index in [1.807, 2.05) is 13.8 Å². The van der Waals surface area contributed by atoms with Gasteiger partial charge in [0.2, 0.25) is 0 Å². The molecule has 0 aromatic carbocycles. The maximum absolute atomic E-state index is 12.2. The van der Waals surface area contributed by atoms with Crippen molar-refractivity contribution in [1.82, 2.24) is 13.9 Å². The molecule has 2 aliphatic heterocycles. The van der Waals surface area contributed by atoms with Crippen LogP contribution in [0.15, 0.2) is 0 Å². The van der Waals surface area contributed by atoms with Gasteiger partial charge in [0.1, 0.15) is 0 Å². The van der Waals surface area contributed by atoms with Crippen molar-refractivity contribution in [1.29, 1.82) is 0 Å². The maximum Gasteiger partial charge on any atom is 0.279 e. The minimum Gasteiger partial charge on any atom is -0.381 e. The van der Waals surface area contributed by atoms with Gasteiger partial charge in [0.05, 0.1) is 0 Å². The molecule has 0 saturated carbocycles. The lowest BCUT2D eigenvalue weighted by molar-refractivity contribution is 0.0183. The van der Waals surface area contributed by atoms with Crippen LogP contribution in [0, 0.1) is 5.92 Å². The third-order valence-corrected chi connectivity index (χ3v) is 6.59. The number of likely N-dealkylation sites (tertiary alicyclic amines) is 1. The predicted molar refractivity (Wildman–Crippen MR) is 88.0 cm³/mol. The predicted octanol–water partition coefficient (Wildman–Crippen LogP) is 1.05. The molecule has 22 heavy (non-hydrogen) atoms. The Morgan fingerprint density at radius 2 is 1.86 bits per heavy atom. The van der Waals surface area contributed by atoms with Crippen LogP contribution in [-0.4, -0.2) is 69.6 Å². The van der Waals surface area contributed by atoms with E-state index in [4.69, 9.17) is 4.74 Å². The van der Waals surface area contributed by atoms with Crippen LogP contribution in [0.1, 0.15) is 39.5 Å². The Hall–Kier alpha value is -0.210. The first-order valence-corrected chi connectivity index (χ1v) is 10.1. The van der Waals surface area contributed by atoms with Gasteiger partial charge in [0.25, 0.3) is 10.2 Å². The lowest BCUT2D eigenvalue weighted by Crippen LogP contribution is -2.49. The van der Waals surface area contributed by atoms with Crippen LogP contribution in [0.4, 0.5) is 0 Å². The molecular formula is C15H31N3O3S. The summed E-state index contributed by atoms with van der Waals surface area (Å²) in [6.45, 7) is 9.20. The smallest absolute Gasteiger partial charge is 0.279 e. The summed E-state index contributed by atoms with van der Waals surface area (Å²) >= 11 is 0. The highest BCUT2D eigenvalue weighted by molar-refractivity contribution is 7.87. The van der Waals surface area contributed by atoms with Gasteiger partial charge >= 0.3 is 0 Å². The molecule has 0 aromatic heterocycles. The van der Waals surface area contributed by atoms with E-state index in [-0.39, 0.29) is 0 Å². The van der Waals surface area contributed by atoms with Crippen molar-refractivity contribution in [3.8, 4) is 0 Å². The molecule has 6 nitrogen and oxygen atoms in total. The lowest BCUT2D eigenvalue weighted by atomic mass is 9.95. The molecule has 1 atom stereocenters. The van der Waals surface area contributed by atoms with Gasteiger partial charge < -0.3 is 4.74 Å². The summed E-state index contributed by atoms with van der Waals surface area (Å²) < 4.78 is 34.1. The first kappa shape index (κ1) is 18.1. The molecule has 1 N–H and O–H groups in total. The van der Waals surface area contributed by atoms with Crippen molar-refractivity contribution in [3.63, 3.8) is 0 Å². The molecule has 2 rings (SSSR count). The first-order chi connectivity index (χ1) is 10.6. The Morgan fingerprint density at radius 3 is 2.50 bits per heavy atom. The topological polar surface area (TPSA) is 61.9 Å². The molecular weight excluding hydrogens is 302 g/mol. The standard InChI is InChI=1S/C15H31N3O3S/c1-3-18(4-2)22(19,20)16-12-14-6-5-9-17(13-14)15-7-10-21-11-8-15/h14-16H,3-13H2,1-2H3. The number of hydrogen-bond donors (Lipinski definition) is 1. The van der Waals surface area contributed by atoms with Gasteiger partial charge in [-0.1, -0.05) is 13.8 Å². The van der Waals surface area contributed by atoms with Gasteiger partial charge in [0.15, 0.2) is 0 Å². The van der Waals surface area contributed by atoms with Crippen LogP contribution in [0.3, 0.4) is 0 Å². The molecule has 2 fully saturated rings. The van der Waals surface area contributed by atoms with Gasteiger partial charge in [-0.2, -0.15) is 12.7 Å². The highest BCUT2D eigenvalue weighted by atomic mass is 32.2. The zero-order chi connectivity index (χ0) is 16.0. The molecule has 0 spiro atoms. The number of nitrogens with zero attached hydrogens (tertiary/aromatic N) is 2. The van der Waals surface area contributed by atoms with E-state index in [1.54, 1.807) is 0 Å². The minimum atomic E-state index is -3.32. The highest BCUT2D eigenvalue weighted by Gasteiger charge is 2.28. The Kier molecular flexibility index (Phi) is 7.08. The van der Waals surface area contributed by atoms with Crippen LogP contribution >= 0.6 is 0 Å². The molecule has 0 radical (unpaired) electrons. The Labute approximate surface area is 135 Å². The average Bonchev–Trinajstić information content (AvgIpc) is 2.55. The molecule has 130 valence electrons. The largest absolute Gasteiger partial charge is 0.381 e. The van der Waals surface area contributed by atoms with Crippen molar-refractivity contribution in [2.45, 2.75) is 45.6 Å². The van der Waals surface area contributed by atoms with E-state index in [2.05, 4.69) is 9.62 Å². The fourth-order valence-electron chi connectivity index (χ4n) is 3.52. The van der Waals surface area contributed by atoms with Crippen LogP contribution in [0.25, 0.3) is 0 Å². The summed E-state index contributed by atoms with van der Waals surface area (Å²) in [7, 11) is -3.32. The molecule has 2 heterocycles. The molecule has 0 bridgehead atoms. The zero-order valence-corrected chi connectivity index (χ0v) is 14.8. The average molecular weight is 333 g/mol.